The average molecular weight is 201 g/mol. The van der Waals surface area contributed by atoms with Crippen LogP contribution in [0.1, 0.15) is 12.5 Å². The van der Waals surface area contributed by atoms with Crippen molar-refractivity contribution >= 4 is 23.1 Å². The van der Waals surface area contributed by atoms with Crippen molar-refractivity contribution in [1.29, 1.82) is 0 Å². The summed E-state index contributed by atoms with van der Waals surface area (Å²) < 4.78 is 12.9. The molecule has 0 saturated carbocycles. The molecule has 1 aromatic carbocycles. The molecule has 0 bridgehead atoms. The van der Waals surface area contributed by atoms with Crippen molar-refractivity contribution in [3.8, 4) is 0 Å². The van der Waals surface area contributed by atoms with Crippen molar-refractivity contribution in [3.05, 3.63) is 28.5 Å². The third-order valence-electron chi connectivity index (χ3n) is 1.52. The van der Waals surface area contributed by atoms with E-state index in [0.29, 0.717) is 17.1 Å². The molecule has 0 radical (unpaired) electrons. The van der Waals surface area contributed by atoms with Gasteiger partial charge in [0.15, 0.2) is 0 Å². The summed E-state index contributed by atoms with van der Waals surface area (Å²) in [6, 6.07) is 2.80. The summed E-state index contributed by atoms with van der Waals surface area (Å²) in [5, 5.41) is 0.271. The predicted molar refractivity (Wildman–Crippen MR) is 53.1 cm³/mol. The van der Waals surface area contributed by atoms with Crippen LogP contribution < -0.4 is 5.73 Å². The zero-order valence-electron chi connectivity index (χ0n) is 7.44. The first-order valence-electron chi connectivity index (χ1n) is 3.77. The van der Waals surface area contributed by atoms with Crippen LogP contribution in [0.25, 0.3) is 0 Å². The van der Waals surface area contributed by atoms with Gasteiger partial charge >= 0.3 is 0 Å². The maximum atomic E-state index is 12.9. The third kappa shape index (κ3) is 2.42. The second kappa shape index (κ2) is 3.75. The van der Waals surface area contributed by atoms with Crippen LogP contribution in [-0.2, 0) is 0 Å². The second-order valence-corrected chi connectivity index (χ2v) is 3.21. The van der Waals surface area contributed by atoms with Gasteiger partial charge in [-0.25, -0.2) is 9.38 Å². The van der Waals surface area contributed by atoms with Gasteiger partial charge in [0.05, 0.1) is 16.5 Å². The van der Waals surface area contributed by atoms with Crippen LogP contribution in [0.4, 0.5) is 10.1 Å². The van der Waals surface area contributed by atoms with E-state index in [-0.39, 0.29) is 10.8 Å². The molecule has 13 heavy (non-hydrogen) atoms. The first-order valence-corrected chi connectivity index (χ1v) is 4.15. The molecule has 70 valence electrons. The van der Waals surface area contributed by atoms with Gasteiger partial charge in [0.25, 0.3) is 0 Å². The van der Waals surface area contributed by atoms with Crippen LogP contribution in [0.3, 0.4) is 0 Å². The Morgan fingerprint density at radius 2 is 2.15 bits per heavy atom. The first kappa shape index (κ1) is 9.99. The number of amidine groups is 1. The van der Waals surface area contributed by atoms with Crippen molar-refractivity contribution in [1.82, 2.24) is 0 Å². The van der Waals surface area contributed by atoms with Gasteiger partial charge in [0, 0.05) is 0 Å². The van der Waals surface area contributed by atoms with Crippen molar-refractivity contribution in [2.45, 2.75) is 13.8 Å². The molecule has 0 spiro atoms. The number of nitrogens with zero attached hydrogens (tertiary/aromatic N) is 1. The van der Waals surface area contributed by atoms with E-state index < -0.39 is 0 Å². The molecule has 0 aliphatic heterocycles. The molecular weight excluding hydrogens is 191 g/mol. The highest BCUT2D eigenvalue weighted by atomic mass is 35.5. The summed E-state index contributed by atoms with van der Waals surface area (Å²) in [6.07, 6.45) is 0. The Hall–Kier alpha value is -1.09. The number of rotatable bonds is 1. The molecule has 0 atom stereocenters. The molecule has 0 unspecified atom stereocenters. The topological polar surface area (TPSA) is 38.4 Å². The van der Waals surface area contributed by atoms with Crippen LogP contribution in [-0.4, -0.2) is 5.84 Å². The van der Waals surface area contributed by atoms with Crippen molar-refractivity contribution in [2.75, 3.05) is 0 Å². The summed E-state index contributed by atoms with van der Waals surface area (Å²) in [4.78, 5) is 3.96. The SMILES string of the molecule is CC(N)=Nc1cc(C)c(F)cc1Cl. The third-order valence-corrected chi connectivity index (χ3v) is 1.83. The molecule has 0 heterocycles. The maximum Gasteiger partial charge on any atom is 0.127 e. The molecule has 0 saturated heterocycles. The van der Waals surface area contributed by atoms with Gasteiger partial charge < -0.3 is 5.73 Å². The number of nitrogens with two attached hydrogens (primary N) is 1. The van der Waals surface area contributed by atoms with E-state index in [1.165, 1.54) is 6.07 Å². The molecule has 1 rings (SSSR count). The lowest BCUT2D eigenvalue weighted by Crippen LogP contribution is -2.03. The van der Waals surface area contributed by atoms with Gasteiger partial charge in [-0.3, -0.25) is 0 Å². The number of hydrogen-bond donors (Lipinski definition) is 1. The number of aliphatic imine (C=N–C) groups is 1. The minimum absolute atomic E-state index is 0.271. The smallest absolute Gasteiger partial charge is 0.127 e. The maximum absolute atomic E-state index is 12.9. The summed E-state index contributed by atoms with van der Waals surface area (Å²) >= 11 is 5.74. The molecule has 1 aromatic rings. The monoisotopic (exact) mass is 200 g/mol. The van der Waals surface area contributed by atoms with E-state index in [2.05, 4.69) is 4.99 Å². The highest BCUT2D eigenvalue weighted by Gasteiger charge is 2.04. The fourth-order valence-corrected chi connectivity index (χ4v) is 1.11. The molecule has 0 aliphatic rings. The van der Waals surface area contributed by atoms with Gasteiger partial charge in [-0.05, 0) is 31.5 Å². The van der Waals surface area contributed by atoms with E-state index in [9.17, 15) is 4.39 Å². The number of benzene rings is 1. The number of aryl methyl sites for hydroxylation is 1. The standard InChI is InChI=1S/C9H10ClFN2/c1-5-3-9(13-6(2)12)7(10)4-8(5)11/h3-4H,1-2H3,(H2,12,13). The minimum atomic E-state index is -0.335. The van der Waals surface area contributed by atoms with Crippen LogP contribution in [0.2, 0.25) is 5.02 Å². The quantitative estimate of drug-likeness (QED) is 0.550. The lowest BCUT2D eigenvalue weighted by Gasteiger charge is -2.01. The fraction of sp³-hybridized carbons (Fsp3) is 0.222. The normalized spacial score (nSPS) is 11.8. The molecule has 0 aromatic heterocycles. The lowest BCUT2D eigenvalue weighted by atomic mass is 10.2. The molecule has 0 aliphatic carbocycles. The molecule has 2 N–H and O–H groups in total. The Labute approximate surface area is 81.2 Å². The van der Waals surface area contributed by atoms with E-state index >= 15 is 0 Å². The van der Waals surface area contributed by atoms with Crippen molar-refractivity contribution < 1.29 is 4.39 Å². The van der Waals surface area contributed by atoms with Crippen LogP contribution >= 0.6 is 11.6 Å². The Morgan fingerprint density at radius 3 is 2.69 bits per heavy atom. The molecule has 0 amide bonds. The van der Waals surface area contributed by atoms with Crippen LogP contribution in [0.15, 0.2) is 17.1 Å². The van der Waals surface area contributed by atoms with Gasteiger partial charge in [-0.1, -0.05) is 11.6 Å². The van der Waals surface area contributed by atoms with E-state index in [1.807, 2.05) is 0 Å². The van der Waals surface area contributed by atoms with E-state index in [4.69, 9.17) is 17.3 Å². The highest BCUT2D eigenvalue weighted by molar-refractivity contribution is 6.33. The summed E-state index contributed by atoms with van der Waals surface area (Å²) in [6.45, 7) is 3.30. The van der Waals surface area contributed by atoms with Gasteiger partial charge in [0.1, 0.15) is 5.82 Å². The summed E-state index contributed by atoms with van der Waals surface area (Å²) in [5.74, 6) is 0.0616. The summed E-state index contributed by atoms with van der Waals surface area (Å²) in [7, 11) is 0. The van der Waals surface area contributed by atoms with E-state index in [0.717, 1.165) is 0 Å². The highest BCUT2D eigenvalue weighted by Crippen LogP contribution is 2.27. The zero-order valence-corrected chi connectivity index (χ0v) is 8.19. The van der Waals surface area contributed by atoms with Crippen molar-refractivity contribution in [3.63, 3.8) is 0 Å². The predicted octanol–water partition coefficient (Wildman–Crippen LogP) is 2.80. The molecule has 2 nitrogen and oxygen atoms in total. The Bertz CT molecular complexity index is 357. The lowest BCUT2D eigenvalue weighted by molar-refractivity contribution is 0.619. The first-order chi connectivity index (χ1) is 6.00. The average Bonchev–Trinajstić information content (AvgIpc) is 1.99. The Morgan fingerprint density at radius 1 is 1.54 bits per heavy atom. The summed E-state index contributed by atoms with van der Waals surface area (Å²) in [5.41, 5.74) is 6.38. The van der Waals surface area contributed by atoms with Gasteiger partial charge in [0.2, 0.25) is 0 Å². The van der Waals surface area contributed by atoms with Gasteiger partial charge in [-0.15, -0.1) is 0 Å². The molecule has 4 heteroatoms. The van der Waals surface area contributed by atoms with E-state index in [1.54, 1.807) is 19.9 Å². The minimum Gasteiger partial charge on any atom is -0.387 e. The Kier molecular flexibility index (Phi) is 2.88. The van der Waals surface area contributed by atoms with Crippen LogP contribution in [0, 0.1) is 12.7 Å². The number of hydrogen-bond acceptors (Lipinski definition) is 1. The molecule has 0 fully saturated rings. The van der Waals surface area contributed by atoms with Gasteiger partial charge in [-0.2, -0.15) is 0 Å². The largest absolute Gasteiger partial charge is 0.387 e. The zero-order chi connectivity index (χ0) is 10.0. The fourth-order valence-electron chi connectivity index (χ4n) is 0.918. The van der Waals surface area contributed by atoms with Crippen molar-refractivity contribution in [2.24, 2.45) is 10.7 Å². The second-order valence-electron chi connectivity index (χ2n) is 2.81. The Balaban J connectivity index is 3.24. The number of halogens is 2. The van der Waals surface area contributed by atoms with Crippen LogP contribution in [0.5, 0.6) is 0 Å². The molecular formula is C9H10ClFN2.